The molecule has 0 aliphatic carbocycles. The van der Waals surface area contributed by atoms with E-state index < -0.39 is 23.5 Å². The summed E-state index contributed by atoms with van der Waals surface area (Å²) in [6.07, 6.45) is -9.52. The monoisotopic (exact) mass is 401 g/mol. The predicted molar refractivity (Wildman–Crippen MR) is 92.8 cm³/mol. The summed E-state index contributed by atoms with van der Waals surface area (Å²) in [5.41, 5.74) is -4.75. The van der Waals surface area contributed by atoms with Gasteiger partial charge in [0, 0.05) is 17.3 Å². The molecule has 0 saturated heterocycles. The average molecular weight is 401 g/mol. The maximum atomic E-state index is 13.1. The van der Waals surface area contributed by atoms with Crippen LogP contribution in [0.25, 0.3) is 10.9 Å². The van der Waals surface area contributed by atoms with Gasteiger partial charge in [-0.2, -0.15) is 26.3 Å². The Labute approximate surface area is 157 Å². The molecule has 1 N–H and O–H groups in total. The molecule has 0 bridgehead atoms. The van der Waals surface area contributed by atoms with Gasteiger partial charge in [-0.05, 0) is 35.6 Å². The molecule has 28 heavy (non-hydrogen) atoms. The van der Waals surface area contributed by atoms with E-state index in [2.05, 4.69) is 0 Å². The Morgan fingerprint density at radius 2 is 1.50 bits per heavy atom. The molecule has 1 heterocycles. The molecule has 3 aromatic rings. The molecule has 1 atom stereocenters. The van der Waals surface area contributed by atoms with Gasteiger partial charge in [0.2, 0.25) is 0 Å². The summed E-state index contributed by atoms with van der Waals surface area (Å²) in [5, 5.41) is 9.78. The lowest BCUT2D eigenvalue weighted by Gasteiger charge is -2.32. The van der Waals surface area contributed by atoms with Crippen LogP contribution in [0.15, 0.2) is 60.8 Å². The first-order valence-corrected chi connectivity index (χ1v) is 8.52. The molecular formula is C20H17F6NO. The Hall–Kier alpha value is -2.48. The summed E-state index contributed by atoms with van der Waals surface area (Å²) in [4.78, 5) is 0. The number of fused-ring (bicyclic) bond motifs is 1. The number of nitrogens with zero attached hydrogens (tertiary/aromatic N) is 1. The normalized spacial score (nSPS) is 14.4. The van der Waals surface area contributed by atoms with Crippen LogP contribution in [0.2, 0.25) is 0 Å². The van der Waals surface area contributed by atoms with Crippen LogP contribution in [-0.2, 0) is 5.60 Å². The number of benzene rings is 2. The number of aromatic nitrogens is 1. The van der Waals surface area contributed by atoms with E-state index in [1.54, 1.807) is 10.8 Å². The van der Waals surface area contributed by atoms with E-state index in [0.29, 0.717) is 18.0 Å². The number of hydrogen-bond donors (Lipinski definition) is 1. The van der Waals surface area contributed by atoms with E-state index in [4.69, 9.17) is 0 Å². The van der Waals surface area contributed by atoms with E-state index in [-0.39, 0.29) is 11.4 Å². The van der Waals surface area contributed by atoms with Gasteiger partial charge in [0.25, 0.3) is 5.60 Å². The SMILES string of the molecule is CCC(c1ccccc1)n1ccc2cc(C(O)(C(F)(F)F)C(F)(F)F)ccc21. The molecule has 8 heteroatoms. The quantitative estimate of drug-likeness (QED) is 0.537. The summed E-state index contributed by atoms with van der Waals surface area (Å²) in [6, 6.07) is 13.3. The number of aliphatic hydroxyl groups is 1. The number of rotatable bonds is 4. The highest BCUT2D eigenvalue weighted by Gasteiger charge is 2.71. The molecule has 0 amide bonds. The standard InChI is InChI=1S/C20H17F6NO/c1-2-16(13-6-4-3-5-7-13)27-11-10-14-12-15(8-9-17(14)27)18(28,19(21,22)23)20(24,25)26/h3-12,16,28H,2H2,1H3. The molecule has 0 aliphatic rings. The van der Waals surface area contributed by atoms with Crippen LogP contribution in [0.5, 0.6) is 0 Å². The molecule has 0 aliphatic heterocycles. The van der Waals surface area contributed by atoms with Gasteiger partial charge in [0.15, 0.2) is 0 Å². The van der Waals surface area contributed by atoms with Crippen molar-refractivity contribution in [2.24, 2.45) is 0 Å². The summed E-state index contributed by atoms with van der Waals surface area (Å²) in [6.45, 7) is 1.93. The van der Waals surface area contributed by atoms with E-state index in [0.717, 1.165) is 11.6 Å². The average Bonchev–Trinajstić information content (AvgIpc) is 3.04. The van der Waals surface area contributed by atoms with Crippen molar-refractivity contribution in [3.8, 4) is 0 Å². The van der Waals surface area contributed by atoms with Gasteiger partial charge in [-0.25, -0.2) is 0 Å². The minimum Gasteiger partial charge on any atom is -0.369 e. The first-order valence-electron chi connectivity index (χ1n) is 8.52. The largest absolute Gasteiger partial charge is 0.430 e. The zero-order valence-electron chi connectivity index (χ0n) is 14.7. The first-order chi connectivity index (χ1) is 13.0. The fourth-order valence-corrected chi connectivity index (χ4v) is 3.42. The van der Waals surface area contributed by atoms with Gasteiger partial charge < -0.3 is 9.67 Å². The van der Waals surface area contributed by atoms with Crippen LogP contribution in [0.1, 0.15) is 30.5 Å². The molecule has 2 nitrogen and oxygen atoms in total. The predicted octanol–water partition coefficient (Wildman–Crippen LogP) is 5.95. The van der Waals surface area contributed by atoms with Crippen LogP contribution in [0.3, 0.4) is 0 Å². The maximum Gasteiger partial charge on any atom is 0.430 e. The molecule has 1 unspecified atom stereocenters. The Morgan fingerprint density at radius 1 is 0.893 bits per heavy atom. The van der Waals surface area contributed by atoms with Crippen LogP contribution in [-0.4, -0.2) is 22.0 Å². The third kappa shape index (κ3) is 3.15. The highest BCUT2D eigenvalue weighted by Crippen LogP contribution is 2.50. The summed E-state index contributed by atoms with van der Waals surface area (Å²) in [5.74, 6) is 0. The minimum absolute atomic E-state index is 0.131. The third-order valence-corrected chi connectivity index (χ3v) is 4.87. The molecule has 3 rings (SSSR count). The van der Waals surface area contributed by atoms with E-state index in [9.17, 15) is 31.4 Å². The Balaban J connectivity index is 2.13. The molecule has 0 spiro atoms. The van der Waals surface area contributed by atoms with Gasteiger partial charge in [0.05, 0.1) is 6.04 Å². The fourth-order valence-electron chi connectivity index (χ4n) is 3.42. The highest BCUT2D eigenvalue weighted by atomic mass is 19.4. The van der Waals surface area contributed by atoms with E-state index >= 15 is 0 Å². The van der Waals surface area contributed by atoms with Gasteiger partial charge in [-0.1, -0.05) is 43.3 Å². The summed E-state index contributed by atoms with van der Waals surface area (Å²) in [7, 11) is 0. The molecular weight excluding hydrogens is 384 g/mol. The molecule has 2 aromatic carbocycles. The fraction of sp³-hybridized carbons (Fsp3) is 0.300. The smallest absolute Gasteiger partial charge is 0.369 e. The minimum atomic E-state index is -5.91. The topological polar surface area (TPSA) is 25.2 Å². The maximum absolute atomic E-state index is 13.1. The molecule has 0 radical (unpaired) electrons. The Bertz CT molecular complexity index is 944. The van der Waals surface area contributed by atoms with E-state index in [1.807, 2.05) is 37.3 Å². The number of halogens is 6. The van der Waals surface area contributed by atoms with Crippen LogP contribution in [0.4, 0.5) is 26.3 Å². The molecule has 0 fully saturated rings. The van der Waals surface area contributed by atoms with Crippen molar-refractivity contribution in [2.45, 2.75) is 37.3 Å². The molecule has 150 valence electrons. The second-order valence-electron chi connectivity index (χ2n) is 6.54. The lowest BCUT2D eigenvalue weighted by molar-refractivity contribution is -0.376. The van der Waals surface area contributed by atoms with Crippen molar-refractivity contribution in [2.75, 3.05) is 0 Å². The van der Waals surface area contributed by atoms with Gasteiger partial charge in [-0.3, -0.25) is 0 Å². The third-order valence-electron chi connectivity index (χ3n) is 4.87. The van der Waals surface area contributed by atoms with Gasteiger partial charge in [-0.15, -0.1) is 0 Å². The molecule has 0 saturated carbocycles. The van der Waals surface area contributed by atoms with Gasteiger partial charge in [0.1, 0.15) is 0 Å². The lowest BCUT2D eigenvalue weighted by atomic mass is 9.91. The van der Waals surface area contributed by atoms with Crippen molar-refractivity contribution in [1.29, 1.82) is 0 Å². The molecule has 1 aromatic heterocycles. The van der Waals surface area contributed by atoms with Crippen LogP contribution >= 0.6 is 0 Å². The van der Waals surface area contributed by atoms with Crippen molar-refractivity contribution in [3.63, 3.8) is 0 Å². The van der Waals surface area contributed by atoms with Crippen molar-refractivity contribution >= 4 is 10.9 Å². The van der Waals surface area contributed by atoms with E-state index in [1.165, 1.54) is 12.1 Å². The van der Waals surface area contributed by atoms with Crippen molar-refractivity contribution in [3.05, 3.63) is 71.9 Å². The van der Waals surface area contributed by atoms with Crippen molar-refractivity contribution < 1.29 is 31.4 Å². The zero-order chi connectivity index (χ0) is 20.7. The second kappa shape index (κ2) is 6.84. The lowest BCUT2D eigenvalue weighted by Crippen LogP contribution is -2.53. The van der Waals surface area contributed by atoms with Crippen LogP contribution < -0.4 is 0 Å². The highest BCUT2D eigenvalue weighted by molar-refractivity contribution is 5.81. The van der Waals surface area contributed by atoms with Crippen molar-refractivity contribution in [1.82, 2.24) is 4.57 Å². The van der Waals surface area contributed by atoms with Gasteiger partial charge >= 0.3 is 12.4 Å². The number of alkyl halides is 6. The summed E-state index contributed by atoms with van der Waals surface area (Å²) < 4.78 is 80.5. The Morgan fingerprint density at radius 3 is 2.04 bits per heavy atom. The number of hydrogen-bond acceptors (Lipinski definition) is 1. The zero-order valence-corrected chi connectivity index (χ0v) is 14.7. The second-order valence-corrected chi connectivity index (χ2v) is 6.54. The Kier molecular flexibility index (Phi) is 4.95. The first kappa shape index (κ1) is 20.3. The van der Waals surface area contributed by atoms with Crippen LogP contribution in [0, 0.1) is 0 Å². The summed E-state index contributed by atoms with van der Waals surface area (Å²) >= 11 is 0.